The number of hydrogen-bond acceptors (Lipinski definition) is 5. The Morgan fingerprint density at radius 2 is 2.18 bits per heavy atom. The third-order valence-electron chi connectivity index (χ3n) is 2.19. The van der Waals surface area contributed by atoms with Crippen molar-refractivity contribution in [1.82, 2.24) is 4.98 Å². The number of carbonyl (C=O) groups is 1. The van der Waals surface area contributed by atoms with Crippen LogP contribution in [-0.2, 0) is 16.0 Å². The minimum Gasteiger partial charge on any atom is -0.493 e. The minimum atomic E-state index is -2.77. The molecule has 0 aliphatic heterocycles. The first-order valence-corrected chi connectivity index (χ1v) is 4.67. The van der Waals surface area contributed by atoms with Crippen LogP contribution in [0.4, 0.5) is 14.6 Å². The Kier molecular flexibility index (Phi) is 4.19. The molecule has 2 N–H and O–H groups in total. The maximum atomic E-state index is 12.7. The van der Waals surface area contributed by atoms with E-state index < -0.39 is 12.4 Å². The summed E-state index contributed by atoms with van der Waals surface area (Å²) in [7, 11) is 2.44. The van der Waals surface area contributed by atoms with Crippen molar-refractivity contribution in [1.29, 1.82) is 0 Å². The molecule has 7 heteroatoms. The molecule has 0 aliphatic carbocycles. The summed E-state index contributed by atoms with van der Waals surface area (Å²) >= 11 is 0. The molecule has 0 fully saturated rings. The lowest BCUT2D eigenvalue weighted by Gasteiger charge is -2.13. The number of halogens is 2. The van der Waals surface area contributed by atoms with Crippen molar-refractivity contribution >= 4 is 11.8 Å². The first-order chi connectivity index (χ1) is 8.01. The lowest BCUT2D eigenvalue weighted by Crippen LogP contribution is -2.11. The number of rotatable bonds is 4. The van der Waals surface area contributed by atoms with Crippen LogP contribution < -0.4 is 10.5 Å². The van der Waals surface area contributed by atoms with Gasteiger partial charge in [-0.2, -0.15) is 0 Å². The molecular weight excluding hydrogens is 234 g/mol. The maximum absolute atomic E-state index is 12.7. The summed E-state index contributed by atoms with van der Waals surface area (Å²) in [5.74, 6) is -0.722. The van der Waals surface area contributed by atoms with Crippen molar-refractivity contribution in [2.75, 3.05) is 20.0 Å². The second-order valence-electron chi connectivity index (χ2n) is 3.16. The number of anilines is 1. The van der Waals surface area contributed by atoms with Gasteiger partial charge in [0.2, 0.25) is 0 Å². The molecule has 0 unspecified atom stereocenters. The number of esters is 1. The van der Waals surface area contributed by atoms with Crippen molar-refractivity contribution < 1.29 is 23.0 Å². The molecular formula is C10H12F2N2O3. The molecule has 1 rings (SSSR count). The average Bonchev–Trinajstić information content (AvgIpc) is 2.28. The van der Waals surface area contributed by atoms with Crippen LogP contribution in [0.25, 0.3) is 0 Å². The van der Waals surface area contributed by atoms with Gasteiger partial charge in [0.05, 0.1) is 20.6 Å². The topological polar surface area (TPSA) is 74.4 Å². The molecule has 94 valence electrons. The fraction of sp³-hybridized carbons (Fsp3) is 0.400. The largest absolute Gasteiger partial charge is 0.493 e. The van der Waals surface area contributed by atoms with Crippen LogP contribution in [-0.4, -0.2) is 25.2 Å². The summed E-state index contributed by atoms with van der Waals surface area (Å²) in [5.41, 5.74) is 5.10. The van der Waals surface area contributed by atoms with Gasteiger partial charge in [0.1, 0.15) is 0 Å². The Labute approximate surface area is 96.5 Å². The second kappa shape index (κ2) is 5.42. The van der Waals surface area contributed by atoms with E-state index >= 15 is 0 Å². The summed E-state index contributed by atoms with van der Waals surface area (Å²) in [4.78, 5) is 14.7. The zero-order valence-electron chi connectivity index (χ0n) is 9.37. The molecule has 0 saturated carbocycles. The average molecular weight is 246 g/mol. The molecule has 0 aliphatic rings. The van der Waals surface area contributed by atoms with Crippen LogP contribution in [0.15, 0.2) is 6.20 Å². The van der Waals surface area contributed by atoms with Gasteiger partial charge in [-0.05, 0) is 0 Å². The predicted molar refractivity (Wildman–Crippen MR) is 55.9 cm³/mol. The summed E-state index contributed by atoms with van der Waals surface area (Å²) in [6.45, 7) is 0. The second-order valence-corrected chi connectivity index (χ2v) is 3.16. The number of hydrogen-bond donors (Lipinski definition) is 1. The maximum Gasteiger partial charge on any atom is 0.310 e. The van der Waals surface area contributed by atoms with Crippen LogP contribution in [0.5, 0.6) is 5.75 Å². The van der Waals surface area contributed by atoms with Crippen molar-refractivity contribution in [3.05, 3.63) is 17.3 Å². The summed E-state index contributed by atoms with van der Waals surface area (Å²) in [6.07, 6.45) is -2.18. The van der Waals surface area contributed by atoms with E-state index in [0.29, 0.717) is 0 Å². The molecule has 0 amide bonds. The van der Waals surface area contributed by atoms with E-state index in [-0.39, 0.29) is 29.1 Å². The number of ether oxygens (including phenoxy) is 2. The Bertz CT molecular complexity index is 424. The van der Waals surface area contributed by atoms with Crippen LogP contribution >= 0.6 is 0 Å². The highest BCUT2D eigenvalue weighted by Crippen LogP contribution is 2.33. The molecule has 0 atom stereocenters. The van der Waals surface area contributed by atoms with Crippen LogP contribution in [0.2, 0.25) is 0 Å². The van der Waals surface area contributed by atoms with E-state index in [1.165, 1.54) is 14.2 Å². The van der Waals surface area contributed by atoms with E-state index in [2.05, 4.69) is 9.72 Å². The van der Waals surface area contributed by atoms with Gasteiger partial charge in [-0.25, -0.2) is 13.8 Å². The Morgan fingerprint density at radius 1 is 1.53 bits per heavy atom. The zero-order valence-corrected chi connectivity index (χ0v) is 9.37. The zero-order chi connectivity index (χ0) is 13.0. The number of methoxy groups -OCH3 is 2. The fourth-order valence-corrected chi connectivity index (χ4v) is 1.38. The van der Waals surface area contributed by atoms with E-state index in [1.54, 1.807) is 0 Å². The number of carbonyl (C=O) groups excluding carboxylic acids is 1. The molecule has 0 bridgehead atoms. The van der Waals surface area contributed by atoms with Gasteiger partial charge in [-0.1, -0.05) is 0 Å². The predicted octanol–water partition coefficient (Wildman–Crippen LogP) is 1.33. The van der Waals surface area contributed by atoms with Gasteiger partial charge in [-0.3, -0.25) is 4.79 Å². The first-order valence-electron chi connectivity index (χ1n) is 4.67. The van der Waals surface area contributed by atoms with Crippen LogP contribution in [0.3, 0.4) is 0 Å². The van der Waals surface area contributed by atoms with Crippen molar-refractivity contribution in [2.45, 2.75) is 12.8 Å². The lowest BCUT2D eigenvalue weighted by atomic mass is 10.1. The lowest BCUT2D eigenvalue weighted by molar-refractivity contribution is -0.139. The van der Waals surface area contributed by atoms with Gasteiger partial charge in [0.15, 0.2) is 11.6 Å². The number of aromatic nitrogens is 1. The van der Waals surface area contributed by atoms with E-state index in [9.17, 15) is 13.6 Å². The summed E-state index contributed by atoms with van der Waals surface area (Å²) in [6, 6.07) is 0. The first kappa shape index (κ1) is 13.1. The van der Waals surface area contributed by atoms with E-state index in [4.69, 9.17) is 10.5 Å². The van der Waals surface area contributed by atoms with Crippen molar-refractivity contribution in [2.24, 2.45) is 0 Å². The molecule has 0 aromatic carbocycles. The Morgan fingerprint density at radius 3 is 2.65 bits per heavy atom. The highest BCUT2D eigenvalue weighted by molar-refractivity contribution is 5.75. The fourth-order valence-electron chi connectivity index (χ4n) is 1.38. The molecule has 1 aromatic heterocycles. The number of alkyl halides is 2. The third-order valence-corrected chi connectivity index (χ3v) is 2.19. The monoisotopic (exact) mass is 246 g/mol. The van der Waals surface area contributed by atoms with Crippen molar-refractivity contribution in [3.8, 4) is 5.75 Å². The quantitative estimate of drug-likeness (QED) is 0.811. The SMILES string of the molecule is COC(=O)Cc1c(C(F)F)cnc(N)c1OC. The van der Waals surface area contributed by atoms with Crippen LogP contribution in [0.1, 0.15) is 17.6 Å². The molecule has 5 nitrogen and oxygen atoms in total. The molecule has 0 saturated heterocycles. The van der Waals surface area contributed by atoms with Crippen molar-refractivity contribution in [3.63, 3.8) is 0 Å². The van der Waals surface area contributed by atoms with Gasteiger partial charge in [0.25, 0.3) is 6.43 Å². The normalized spacial score (nSPS) is 10.4. The molecule has 1 heterocycles. The smallest absolute Gasteiger partial charge is 0.310 e. The molecule has 1 aromatic rings. The number of pyridine rings is 1. The van der Waals surface area contributed by atoms with Crippen LogP contribution in [0, 0.1) is 0 Å². The standard InChI is InChI=1S/C10H12F2N2O3/c1-16-7(15)3-5-6(9(11)12)4-14-10(13)8(5)17-2/h4,9H,3H2,1-2H3,(H2,13,14). The molecule has 0 spiro atoms. The highest BCUT2D eigenvalue weighted by Gasteiger charge is 2.22. The number of nitrogen functional groups attached to an aromatic ring is 1. The van der Waals surface area contributed by atoms with Gasteiger partial charge >= 0.3 is 5.97 Å². The van der Waals surface area contributed by atoms with Gasteiger partial charge in [-0.15, -0.1) is 0 Å². The highest BCUT2D eigenvalue weighted by atomic mass is 19.3. The van der Waals surface area contributed by atoms with E-state index in [1.807, 2.05) is 0 Å². The molecule has 0 radical (unpaired) electrons. The van der Waals surface area contributed by atoms with Gasteiger partial charge in [0, 0.05) is 17.3 Å². The number of nitrogens with two attached hydrogens (primary N) is 1. The number of nitrogens with zero attached hydrogens (tertiary/aromatic N) is 1. The third kappa shape index (κ3) is 2.80. The minimum absolute atomic E-state index is 0.00171. The summed E-state index contributed by atoms with van der Waals surface area (Å²) < 4.78 is 34.8. The Hall–Kier alpha value is -1.92. The Balaban J connectivity index is 3.28. The van der Waals surface area contributed by atoms with Gasteiger partial charge < -0.3 is 15.2 Å². The molecule has 17 heavy (non-hydrogen) atoms. The summed E-state index contributed by atoms with van der Waals surface area (Å²) in [5, 5.41) is 0. The van der Waals surface area contributed by atoms with E-state index in [0.717, 1.165) is 6.20 Å².